The molecule has 1 heterocycles. The SMILES string of the molecule is CNC(C)C(=O)Nc1cccc(C)n1. The van der Waals surface area contributed by atoms with Crippen molar-refractivity contribution in [3.8, 4) is 0 Å². The van der Waals surface area contributed by atoms with Gasteiger partial charge < -0.3 is 10.6 Å². The Morgan fingerprint density at radius 1 is 1.50 bits per heavy atom. The number of hydrogen-bond donors (Lipinski definition) is 2. The molecule has 0 saturated carbocycles. The second kappa shape index (κ2) is 4.72. The first-order valence-electron chi connectivity index (χ1n) is 4.55. The van der Waals surface area contributed by atoms with Crippen molar-refractivity contribution in [1.82, 2.24) is 10.3 Å². The molecular weight excluding hydrogens is 178 g/mol. The highest BCUT2D eigenvalue weighted by atomic mass is 16.2. The second-order valence-electron chi connectivity index (χ2n) is 3.16. The lowest BCUT2D eigenvalue weighted by Gasteiger charge is -2.10. The molecule has 0 aliphatic carbocycles. The topological polar surface area (TPSA) is 54.0 Å². The monoisotopic (exact) mass is 193 g/mol. The highest BCUT2D eigenvalue weighted by Gasteiger charge is 2.10. The first-order chi connectivity index (χ1) is 6.63. The molecule has 0 spiro atoms. The minimum absolute atomic E-state index is 0.0781. The zero-order chi connectivity index (χ0) is 10.6. The molecule has 0 aromatic carbocycles. The third kappa shape index (κ3) is 2.81. The van der Waals surface area contributed by atoms with Gasteiger partial charge in [-0.25, -0.2) is 4.98 Å². The minimum atomic E-state index is -0.211. The van der Waals surface area contributed by atoms with E-state index in [0.29, 0.717) is 5.82 Å². The van der Waals surface area contributed by atoms with Gasteiger partial charge in [-0.15, -0.1) is 0 Å². The predicted molar refractivity (Wildman–Crippen MR) is 56.1 cm³/mol. The largest absolute Gasteiger partial charge is 0.309 e. The number of aromatic nitrogens is 1. The zero-order valence-corrected chi connectivity index (χ0v) is 8.66. The molecule has 1 aromatic rings. The lowest BCUT2D eigenvalue weighted by molar-refractivity contribution is -0.117. The number of carbonyl (C=O) groups is 1. The van der Waals surface area contributed by atoms with E-state index in [1.165, 1.54) is 0 Å². The number of nitrogens with zero attached hydrogens (tertiary/aromatic N) is 1. The smallest absolute Gasteiger partial charge is 0.242 e. The van der Waals surface area contributed by atoms with Crippen molar-refractivity contribution < 1.29 is 4.79 Å². The lowest BCUT2D eigenvalue weighted by Crippen LogP contribution is -2.35. The quantitative estimate of drug-likeness (QED) is 0.751. The molecule has 1 aromatic heterocycles. The van der Waals surface area contributed by atoms with Gasteiger partial charge in [-0.05, 0) is 33.0 Å². The first kappa shape index (κ1) is 10.7. The van der Waals surface area contributed by atoms with Gasteiger partial charge in [-0.2, -0.15) is 0 Å². The van der Waals surface area contributed by atoms with Gasteiger partial charge in [0.25, 0.3) is 0 Å². The standard InChI is InChI=1S/C10H15N3O/c1-7-5-4-6-9(12-7)13-10(14)8(2)11-3/h4-6,8,11H,1-3H3,(H,12,13,14). The second-order valence-corrected chi connectivity index (χ2v) is 3.16. The number of pyridine rings is 1. The normalized spacial score (nSPS) is 12.2. The Balaban J connectivity index is 2.65. The Labute approximate surface area is 83.7 Å². The Morgan fingerprint density at radius 3 is 2.79 bits per heavy atom. The number of aryl methyl sites for hydroxylation is 1. The number of amides is 1. The fourth-order valence-corrected chi connectivity index (χ4v) is 0.978. The molecule has 0 bridgehead atoms. The van der Waals surface area contributed by atoms with Crippen molar-refractivity contribution in [3.63, 3.8) is 0 Å². The summed E-state index contributed by atoms with van der Waals surface area (Å²) in [6.07, 6.45) is 0. The van der Waals surface area contributed by atoms with Gasteiger partial charge in [0.1, 0.15) is 5.82 Å². The van der Waals surface area contributed by atoms with Gasteiger partial charge in [0.15, 0.2) is 0 Å². The summed E-state index contributed by atoms with van der Waals surface area (Å²) in [4.78, 5) is 15.6. The van der Waals surface area contributed by atoms with Crippen LogP contribution in [0.25, 0.3) is 0 Å². The van der Waals surface area contributed by atoms with Crippen LogP contribution < -0.4 is 10.6 Å². The van der Waals surface area contributed by atoms with Crippen molar-refractivity contribution in [2.75, 3.05) is 12.4 Å². The van der Waals surface area contributed by atoms with Crippen molar-refractivity contribution in [2.45, 2.75) is 19.9 Å². The van der Waals surface area contributed by atoms with E-state index in [1.54, 1.807) is 20.0 Å². The zero-order valence-electron chi connectivity index (χ0n) is 8.66. The molecule has 1 amide bonds. The van der Waals surface area contributed by atoms with Crippen LogP contribution in [0.3, 0.4) is 0 Å². The van der Waals surface area contributed by atoms with Crippen molar-refractivity contribution in [2.24, 2.45) is 0 Å². The van der Waals surface area contributed by atoms with Gasteiger partial charge in [0.2, 0.25) is 5.91 Å². The molecule has 1 rings (SSSR count). The van der Waals surface area contributed by atoms with E-state index in [2.05, 4.69) is 15.6 Å². The molecule has 76 valence electrons. The summed E-state index contributed by atoms with van der Waals surface area (Å²) in [5.41, 5.74) is 0.889. The average molecular weight is 193 g/mol. The number of carbonyl (C=O) groups excluding carboxylic acids is 1. The maximum Gasteiger partial charge on any atom is 0.242 e. The Bertz CT molecular complexity index is 325. The molecule has 4 nitrogen and oxygen atoms in total. The molecule has 0 fully saturated rings. The van der Waals surface area contributed by atoms with Crippen LogP contribution in [0.4, 0.5) is 5.82 Å². The minimum Gasteiger partial charge on any atom is -0.309 e. The lowest BCUT2D eigenvalue weighted by atomic mass is 10.3. The molecule has 1 unspecified atom stereocenters. The number of anilines is 1. The molecule has 14 heavy (non-hydrogen) atoms. The fraction of sp³-hybridized carbons (Fsp3) is 0.400. The van der Waals surface area contributed by atoms with Crippen LogP contribution in [0.1, 0.15) is 12.6 Å². The van der Waals surface area contributed by atoms with Gasteiger partial charge in [-0.3, -0.25) is 4.79 Å². The van der Waals surface area contributed by atoms with E-state index in [4.69, 9.17) is 0 Å². The summed E-state index contributed by atoms with van der Waals surface area (Å²) >= 11 is 0. The van der Waals surface area contributed by atoms with E-state index >= 15 is 0 Å². The van der Waals surface area contributed by atoms with Crippen LogP contribution in [0.15, 0.2) is 18.2 Å². The highest BCUT2D eigenvalue weighted by molar-refractivity contribution is 5.93. The summed E-state index contributed by atoms with van der Waals surface area (Å²) in [7, 11) is 1.74. The molecule has 0 aliphatic rings. The number of nitrogens with one attached hydrogen (secondary N) is 2. The van der Waals surface area contributed by atoms with E-state index in [9.17, 15) is 4.79 Å². The molecule has 2 N–H and O–H groups in total. The number of rotatable bonds is 3. The van der Waals surface area contributed by atoms with Crippen LogP contribution in [0, 0.1) is 6.92 Å². The summed E-state index contributed by atoms with van der Waals surface area (Å²) in [6, 6.07) is 5.31. The summed E-state index contributed by atoms with van der Waals surface area (Å²) in [6.45, 7) is 3.68. The van der Waals surface area contributed by atoms with Crippen LogP contribution >= 0.6 is 0 Å². The Morgan fingerprint density at radius 2 is 2.21 bits per heavy atom. The van der Waals surface area contributed by atoms with E-state index < -0.39 is 0 Å². The van der Waals surface area contributed by atoms with Crippen LogP contribution in [0.2, 0.25) is 0 Å². The van der Waals surface area contributed by atoms with E-state index in [1.807, 2.05) is 19.1 Å². The summed E-state index contributed by atoms with van der Waals surface area (Å²) in [5, 5.41) is 5.58. The molecule has 0 radical (unpaired) electrons. The predicted octanol–water partition coefficient (Wildman–Crippen LogP) is 0.936. The Kier molecular flexibility index (Phi) is 3.59. The van der Waals surface area contributed by atoms with E-state index in [-0.39, 0.29) is 11.9 Å². The third-order valence-corrected chi connectivity index (χ3v) is 1.97. The van der Waals surface area contributed by atoms with Gasteiger partial charge in [0, 0.05) is 5.69 Å². The van der Waals surface area contributed by atoms with Crippen LogP contribution in [0.5, 0.6) is 0 Å². The molecular formula is C10H15N3O. The number of hydrogen-bond acceptors (Lipinski definition) is 3. The van der Waals surface area contributed by atoms with Crippen molar-refractivity contribution in [3.05, 3.63) is 23.9 Å². The van der Waals surface area contributed by atoms with Crippen molar-refractivity contribution >= 4 is 11.7 Å². The van der Waals surface area contributed by atoms with Gasteiger partial charge >= 0.3 is 0 Å². The highest BCUT2D eigenvalue weighted by Crippen LogP contribution is 2.03. The summed E-state index contributed by atoms with van der Waals surface area (Å²) in [5.74, 6) is 0.516. The maximum atomic E-state index is 11.4. The average Bonchev–Trinajstić information content (AvgIpc) is 2.16. The maximum absolute atomic E-state index is 11.4. The van der Waals surface area contributed by atoms with E-state index in [0.717, 1.165) is 5.69 Å². The number of likely N-dealkylation sites (N-methyl/N-ethyl adjacent to an activating group) is 1. The third-order valence-electron chi connectivity index (χ3n) is 1.97. The molecule has 1 atom stereocenters. The Hall–Kier alpha value is -1.42. The van der Waals surface area contributed by atoms with Crippen molar-refractivity contribution in [1.29, 1.82) is 0 Å². The van der Waals surface area contributed by atoms with Crippen LogP contribution in [-0.2, 0) is 4.79 Å². The van der Waals surface area contributed by atoms with Gasteiger partial charge in [-0.1, -0.05) is 6.07 Å². The first-order valence-corrected chi connectivity index (χ1v) is 4.55. The van der Waals surface area contributed by atoms with Crippen LogP contribution in [-0.4, -0.2) is 24.0 Å². The fourth-order valence-electron chi connectivity index (χ4n) is 0.978. The summed E-state index contributed by atoms with van der Waals surface area (Å²) < 4.78 is 0. The van der Waals surface area contributed by atoms with Gasteiger partial charge in [0.05, 0.1) is 6.04 Å². The molecule has 0 aliphatic heterocycles. The molecule has 4 heteroatoms. The molecule has 0 saturated heterocycles.